The zero-order valence-electron chi connectivity index (χ0n) is 10.7. The van der Waals surface area contributed by atoms with Crippen molar-refractivity contribution in [1.29, 1.82) is 0 Å². The van der Waals surface area contributed by atoms with Crippen molar-refractivity contribution in [3.05, 3.63) is 35.4 Å². The number of amides is 1. The molecule has 98 valence electrons. The fourth-order valence-corrected chi connectivity index (χ4v) is 1.77. The molecule has 1 aromatic rings. The lowest BCUT2D eigenvalue weighted by Gasteiger charge is -2.25. The predicted molar refractivity (Wildman–Crippen MR) is 77.1 cm³/mol. The fraction of sp³-hybridized carbons (Fsp3) is 0.385. The lowest BCUT2D eigenvalue weighted by atomic mass is 10.1. The van der Waals surface area contributed by atoms with Crippen LogP contribution in [0.1, 0.15) is 25.0 Å². The van der Waals surface area contributed by atoms with Crippen molar-refractivity contribution in [2.75, 3.05) is 6.54 Å². The summed E-state index contributed by atoms with van der Waals surface area (Å²) in [6, 6.07) is 7.96. The number of hydrogen-bond donors (Lipinski definition) is 2. The molecule has 1 amide bonds. The molecule has 0 fully saturated rings. The number of nitrogens with two attached hydrogens (primary N) is 2. The molecule has 0 aromatic heterocycles. The second kappa shape index (κ2) is 6.47. The summed E-state index contributed by atoms with van der Waals surface area (Å²) in [5.41, 5.74) is 12.7. The average molecular weight is 265 g/mol. The van der Waals surface area contributed by atoms with Crippen molar-refractivity contribution >= 4 is 23.1 Å². The maximum atomic E-state index is 11.0. The summed E-state index contributed by atoms with van der Waals surface area (Å²) in [5, 5.41) is 0. The SMILES string of the molecule is CC(C)N(CC(N)=O)Cc1ccc(C(N)=S)cc1. The van der Waals surface area contributed by atoms with Gasteiger partial charge in [-0.2, -0.15) is 0 Å². The van der Waals surface area contributed by atoms with Crippen LogP contribution < -0.4 is 11.5 Å². The zero-order valence-corrected chi connectivity index (χ0v) is 11.5. The van der Waals surface area contributed by atoms with Gasteiger partial charge in [0, 0.05) is 18.2 Å². The first-order valence-corrected chi connectivity index (χ1v) is 6.22. The van der Waals surface area contributed by atoms with Crippen LogP contribution in [0.25, 0.3) is 0 Å². The van der Waals surface area contributed by atoms with Crippen LogP contribution in [0.3, 0.4) is 0 Å². The Morgan fingerprint density at radius 1 is 1.28 bits per heavy atom. The van der Waals surface area contributed by atoms with Gasteiger partial charge in [-0.05, 0) is 19.4 Å². The van der Waals surface area contributed by atoms with Crippen LogP contribution in [0.4, 0.5) is 0 Å². The summed E-state index contributed by atoms with van der Waals surface area (Å²) < 4.78 is 0. The Labute approximate surface area is 113 Å². The quantitative estimate of drug-likeness (QED) is 0.753. The van der Waals surface area contributed by atoms with Gasteiger partial charge in [-0.1, -0.05) is 36.5 Å². The van der Waals surface area contributed by atoms with Gasteiger partial charge in [0.05, 0.1) is 6.54 Å². The largest absolute Gasteiger partial charge is 0.389 e. The van der Waals surface area contributed by atoms with E-state index in [0.29, 0.717) is 11.5 Å². The molecule has 0 saturated carbocycles. The summed E-state index contributed by atoms with van der Waals surface area (Å²) in [7, 11) is 0. The average Bonchev–Trinajstić information content (AvgIpc) is 2.28. The Hall–Kier alpha value is -1.46. The first-order chi connectivity index (χ1) is 8.40. The number of hydrogen-bond acceptors (Lipinski definition) is 3. The van der Waals surface area contributed by atoms with Crippen LogP contribution in [0.5, 0.6) is 0 Å². The molecule has 0 heterocycles. The number of carbonyl (C=O) groups is 1. The van der Waals surface area contributed by atoms with Gasteiger partial charge in [-0.3, -0.25) is 9.69 Å². The number of thiocarbonyl (C=S) groups is 1. The van der Waals surface area contributed by atoms with Gasteiger partial charge in [0.1, 0.15) is 4.99 Å². The standard InChI is InChI=1S/C13H19N3OS/c1-9(2)16(8-12(14)17)7-10-3-5-11(6-4-10)13(15)18/h3-6,9H,7-8H2,1-2H3,(H2,14,17)(H2,15,18). The van der Waals surface area contributed by atoms with E-state index in [1.165, 1.54) is 0 Å². The minimum atomic E-state index is -0.316. The molecule has 5 heteroatoms. The molecule has 0 aliphatic carbocycles. The molecule has 1 rings (SSSR count). The molecule has 4 nitrogen and oxygen atoms in total. The van der Waals surface area contributed by atoms with Crippen molar-refractivity contribution in [1.82, 2.24) is 4.90 Å². The third-order valence-corrected chi connectivity index (χ3v) is 2.95. The van der Waals surface area contributed by atoms with E-state index in [1.54, 1.807) is 0 Å². The number of primary amides is 1. The molecule has 0 spiro atoms. The molecular formula is C13H19N3OS. The van der Waals surface area contributed by atoms with Gasteiger partial charge >= 0.3 is 0 Å². The summed E-state index contributed by atoms with van der Waals surface area (Å²) in [4.78, 5) is 13.4. The van der Waals surface area contributed by atoms with Crippen LogP contribution in [-0.2, 0) is 11.3 Å². The Morgan fingerprint density at radius 2 is 1.83 bits per heavy atom. The van der Waals surface area contributed by atoms with Crippen molar-refractivity contribution < 1.29 is 4.79 Å². The van der Waals surface area contributed by atoms with E-state index >= 15 is 0 Å². The molecule has 0 aliphatic heterocycles. The lowest BCUT2D eigenvalue weighted by Crippen LogP contribution is -2.37. The maximum Gasteiger partial charge on any atom is 0.231 e. The first-order valence-electron chi connectivity index (χ1n) is 5.81. The minimum absolute atomic E-state index is 0.257. The molecule has 0 atom stereocenters. The molecule has 0 saturated heterocycles. The third kappa shape index (κ3) is 4.43. The molecular weight excluding hydrogens is 246 g/mol. The van der Waals surface area contributed by atoms with Crippen LogP contribution in [0.2, 0.25) is 0 Å². The van der Waals surface area contributed by atoms with Crippen molar-refractivity contribution in [3.8, 4) is 0 Å². The Bertz CT molecular complexity index is 428. The normalized spacial score (nSPS) is 10.9. The van der Waals surface area contributed by atoms with Crippen molar-refractivity contribution in [2.24, 2.45) is 11.5 Å². The van der Waals surface area contributed by atoms with E-state index in [1.807, 2.05) is 43.0 Å². The predicted octanol–water partition coefficient (Wildman–Crippen LogP) is 1.02. The van der Waals surface area contributed by atoms with E-state index in [9.17, 15) is 4.79 Å². The van der Waals surface area contributed by atoms with Gasteiger partial charge < -0.3 is 11.5 Å². The fourth-order valence-electron chi connectivity index (χ4n) is 1.63. The van der Waals surface area contributed by atoms with Crippen molar-refractivity contribution in [2.45, 2.75) is 26.4 Å². The van der Waals surface area contributed by atoms with Crippen LogP contribution >= 0.6 is 12.2 Å². The van der Waals surface area contributed by atoms with Gasteiger partial charge in [0.15, 0.2) is 0 Å². The second-order valence-corrected chi connectivity index (χ2v) is 4.97. The van der Waals surface area contributed by atoms with E-state index in [0.717, 1.165) is 11.1 Å². The van der Waals surface area contributed by atoms with Crippen LogP contribution in [0, 0.1) is 0 Å². The molecule has 0 bridgehead atoms. The maximum absolute atomic E-state index is 11.0. The molecule has 4 N–H and O–H groups in total. The summed E-state index contributed by atoms with van der Waals surface area (Å²) in [6.07, 6.45) is 0. The monoisotopic (exact) mass is 265 g/mol. The molecule has 0 unspecified atom stereocenters. The molecule has 0 radical (unpaired) electrons. The highest BCUT2D eigenvalue weighted by atomic mass is 32.1. The Kier molecular flexibility index (Phi) is 5.25. The van der Waals surface area contributed by atoms with Crippen LogP contribution in [0.15, 0.2) is 24.3 Å². The number of nitrogens with zero attached hydrogens (tertiary/aromatic N) is 1. The number of benzene rings is 1. The Morgan fingerprint density at radius 3 is 2.22 bits per heavy atom. The zero-order chi connectivity index (χ0) is 13.7. The molecule has 18 heavy (non-hydrogen) atoms. The summed E-state index contributed by atoms with van der Waals surface area (Å²) in [6.45, 7) is 5.01. The van der Waals surface area contributed by atoms with E-state index in [-0.39, 0.29) is 18.5 Å². The van der Waals surface area contributed by atoms with Gasteiger partial charge in [-0.15, -0.1) is 0 Å². The smallest absolute Gasteiger partial charge is 0.231 e. The minimum Gasteiger partial charge on any atom is -0.389 e. The number of carbonyl (C=O) groups excluding carboxylic acids is 1. The first kappa shape index (κ1) is 14.6. The van der Waals surface area contributed by atoms with Crippen LogP contribution in [-0.4, -0.2) is 28.4 Å². The lowest BCUT2D eigenvalue weighted by molar-refractivity contribution is -0.119. The Balaban J connectivity index is 2.74. The van der Waals surface area contributed by atoms with E-state index in [4.69, 9.17) is 23.7 Å². The molecule has 0 aliphatic rings. The highest BCUT2D eigenvalue weighted by Crippen LogP contribution is 2.10. The van der Waals surface area contributed by atoms with Gasteiger partial charge in [0.2, 0.25) is 5.91 Å². The van der Waals surface area contributed by atoms with E-state index < -0.39 is 0 Å². The summed E-state index contributed by atoms with van der Waals surface area (Å²) in [5.74, 6) is -0.316. The highest BCUT2D eigenvalue weighted by Gasteiger charge is 2.12. The van der Waals surface area contributed by atoms with Gasteiger partial charge in [-0.25, -0.2) is 0 Å². The van der Waals surface area contributed by atoms with E-state index in [2.05, 4.69) is 0 Å². The second-order valence-electron chi connectivity index (χ2n) is 4.53. The number of rotatable bonds is 6. The summed E-state index contributed by atoms with van der Waals surface area (Å²) >= 11 is 4.90. The highest BCUT2D eigenvalue weighted by molar-refractivity contribution is 7.80. The van der Waals surface area contributed by atoms with Crippen molar-refractivity contribution in [3.63, 3.8) is 0 Å². The molecule has 1 aromatic carbocycles. The third-order valence-electron chi connectivity index (χ3n) is 2.71. The topological polar surface area (TPSA) is 72.3 Å². The van der Waals surface area contributed by atoms with Gasteiger partial charge in [0.25, 0.3) is 0 Å².